The van der Waals surface area contributed by atoms with E-state index < -0.39 is 18.1 Å². The predicted octanol–water partition coefficient (Wildman–Crippen LogP) is 1.29. The number of alkyl carbamates (subject to hydrolysis) is 1. The highest BCUT2D eigenvalue weighted by Gasteiger charge is 2.20. The molecule has 1 N–H and O–H groups in total. The van der Waals surface area contributed by atoms with E-state index in [0.717, 1.165) is 19.3 Å². The van der Waals surface area contributed by atoms with Gasteiger partial charge in [0.2, 0.25) is 0 Å². The minimum Gasteiger partial charge on any atom is -0.550 e. The first kappa shape index (κ1) is 20.7. The molecule has 6 heteroatoms. The van der Waals surface area contributed by atoms with E-state index >= 15 is 0 Å². The summed E-state index contributed by atoms with van der Waals surface area (Å²) in [4.78, 5) is 22.5. The van der Waals surface area contributed by atoms with Crippen LogP contribution in [0.25, 0.3) is 0 Å². The molecule has 0 heterocycles. The van der Waals surface area contributed by atoms with Crippen LogP contribution in [0.1, 0.15) is 51.9 Å². The molecule has 0 radical (unpaired) electrons. The van der Waals surface area contributed by atoms with Gasteiger partial charge >= 0.3 is 6.09 Å². The van der Waals surface area contributed by atoms with Crippen molar-refractivity contribution in [2.45, 2.75) is 57.9 Å². The van der Waals surface area contributed by atoms with Crippen LogP contribution in [0.2, 0.25) is 0 Å². The second-order valence-electron chi connectivity index (χ2n) is 6.79. The topological polar surface area (TPSA) is 78.5 Å². The van der Waals surface area contributed by atoms with Gasteiger partial charge in [0.15, 0.2) is 0 Å². The van der Waals surface area contributed by atoms with E-state index in [9.17, 15) is 14.7 Å². The molecule has 0 bridgehead atoms. The number of nitrogens with zero attached hydrogens (tertiary/aromatic N) is 1. The number of hydrogen-bond acceptors (Lipinski definition) is 4. The van der Waals surface area contributed by atoms with Gasteiger partial charge in [-0.2, -0.15) is 0 Å². The highest BCUT2D eigenvalue weighted by Crippen LogP contribution is 2.05. The minimum atomic E-state index is -1.17. The summed E-state index contributed by atoms with van der Waals surface area (Å²) in [7, 11) is 5.81. The molecule has 0 saturated heterocycles. The van der Waals surface area contributed by atoms with Crippen molar-refractivity contribution in [3.63, 3.8) is 0 Å². The van der Waals surface area contributed by atoms with E-state index in [1.165, 1.54) is 19.3 Å². The molecular weight excluding hydrogens is 284 g/mol. The summed E-state index contributed by atoms with van der Waals surface area (Å²) in [5.41, 5.74) is 0. The lowest BCUT2D eigenvalue weighted by atomic mass is 10.1. The van der Waals surface area contributed by atoms with Crippen LogP contribution in [-0.4, -0.2) is 56.9 Å². The largest absolute Gasteiger partial charge is 0.550 e. The van der Waals surface area contributed by atoms with Crippen LogP contribution in [0.3, 0.4) is 0 Å². The first-order valence-electron chi connectivity index (χ1n) is 8.18. The van der Waals surface area contributed by atoms with Crippen molar-refractivity contribution >= 4 is 12.1 Å². The fourth-order valence-corrected chi connectivity index (χ4v) is 2.28. The van der Waals surface area contributed by atoms with Gasteiger partial charge in [-0.15, -0.1) is 0 Å². The third-order valence-electron chi connectivity index (χ3n) is 3.23. The Balaban J connectivity index is 3.94. The van der Waals surface area contributed by atoms with Crippen LogP contribution in [-0.2, 0) is 9.53 Å². The second-order valence-corrected chi connectivity index (χ2v) is 6.79. The number of carboxylic acids is 1. The number of carbonyl (C=O) groups is 2. The SMILES string of the molecule is CCCCCCCCOC(=O)N[C@H](CC(=O)[O-])C[N+](C)(C)C. The molecule has 0 unspecified atom stereocenters. The highest BCUT2D eigenvalue weighted by molar-refractivity contribution is 5.70. The number of rotatable bonds is 12. The van der Waals surface area contributed by atoms with E-state index in [2.05, 4.69) is 12.2 Å². The summed E-state index contributed by atoms with van der Waals surface area (Å²) in [6.45, 7) is 3.05. The maximum Gasteiger partial charge on any atom is 0.407 e. The van der Waals surface area contributed by atoms with Crippen LogP contribution in [0.15, 0.2) is 0 Å². The quantitative estimate of drug-likeness (QED) is 0.435. The molecule has 0 aromatic carbocycles. The second kappa shape index (κ2) is 11.3. The summed E-state index contributed by atoms with van der Waals surface area (Å²) in [5, 5.41) is 13.4. The number of carbonyl (C=O) groups excluding carboxylic acids is 2. The van der Waals surface area contributed by atoms with Gasteiger partial charge in [0.1, 0.15) is 0 Å². The average Bonchev–Trinajstić information content (AvgIpc) is 2.34. The van der Waals surface area contributed by atoms with E-state index in [0.29, 0.717) is 17.6 Å². The first-order chi connectivity index (χ1) is 10.2. The van der Waals surface area contributed by atoms with Crippen LogP contribution in [0.5, 0.6) is 0 Å². The third kappa shape index (κ3) is 13.7. The smallest absolute Gasteiger partial charge is 0.407 e. The number of quaternary nitrogens is 1. The van der Waals surface area contributed by atoms with Gasteiger partial charge < -0.3 is 24.4 Å². The van der Waals surface area contributed by atoms with Crippen molar-refractivity contribution in [1.82, 2.24) is 5.32 Å². The predicted molar refractivity (Wildman–Crippen MR) is 84.2 cm³/mol. The third-order valence-corrected chi connectivity index (χ3v) is 3.23. The fraction of sp³-hybridized carbons (Fsp3) is 0.875. The molecular formula is C16H32N2O4. The lowest BCUT2D eigenvalue weighted by molar-refractivity contribution is -0.871. The molecule has 0 aliphatic heterocycles. The van der Waals surface area contributed by atoms with Crippen molar-refractivity contribution in [3.8, 4) is 0 Å². The normalized spacial score (nSPS) is 12.7. The summed E-state index contributed by atoms with van der Waals surface area (Å²) < 4.78 is 5.66. The molecule has 22 heavy (non-hydrogen) atoms. The monoisotopic (exact) mass is 316 g/mol. The Hall–Kier alpha value is -1.30. The molecule has 130 valence electrons. The van der Waals surface area contributed by atoms with Gasteiger partial charge in [0.25, 0.3) is 0 Å². The Morgan fingerprint density at radius 1 is 1.09 bits per heavy atom. The zero-order chi connectivity index (χ0) is 17.0. The summed E-state index contributed by atoms with van der Waals surface area (Å²) in [6.07, 6.45) is 5.98. The number of amides is 1. The zero-order valence-corrected chi connectivity index (χ0v) is 14.5. The zero-order valence-electron chi connectivity index (χ0n) is 14.5. The lowest BCUT2D eigenvalue weighted by Crippen LogP contribution is -2.51. The highest BCUT2D eigenvalue weighted by atomic mass is 16.5. The molecule has 1 amide bonds. The average molecular weight is 316 g/mol. The number of carboxylic acid groups (broad SMARTS) is 1. The summed E-state index contributed by atoms with van der Waals surface area (Å²) in [5.74, 6) is -1.17. The van der Waals surface area contributed by atoms with Crippen LogP contribution >= 0.6 is 0 Å². The van der Waals surface area contributed by atoms with Crippen molar-refractivity contribution in [2.75, 3.05) is 34.3 Å². The van der Waals surface area contributed by atoms with E-state index in [1.54, 1.807) is 0 Å². The van der Waals surface area contributed by atoms with Gasteiger partial charge in [0.05, 0.1) is 40.3 Å². The number of nitrogens with one attached hydrogen (secondary N) is 1. The van der Waals surface area contributed by atoms with Crippen LogP contribution in [0, 0.1) is 0 Å². The molecule has 0 saturated carbocycles. The summed E-state index contributed by atoms with van der Waals surface area (Å²) in [6, 6.07) is -0.484. The Morgan fingerprint density at radius 3 is 2.23 bits per heavy atom. The molecule has 0 aromatic heterocycles. The molecule has 0 aromatic rings. The number of unbranched alkanes of at least 4 members (excludes halogenated alkanes) is 5. The van der Waals surface area contributed by atoms with E-state index in [-0.39, 0.29) is 6.42 Å². The van der Waals surface area contributed by atoms with Gasteiger partial charge in [-0.1, -0.05) is 39.0 Å². The molecule has 0 fully saturated rings. The lowest BCUT2D eigenvalue weighted by Gasteiger charge is -2.29. The maximum atomic E-state index is 11.7. The van der Waals surface area contributed by atoms with Gasteiger partial charge in [-0.05, 0) is 6.42 Å². The van der Waals surface area contributed by atoms with Crippen LogP contribution < -0.4 is 10.4 Å². The maximum absolute atomic E-state index is 11.7. The van der Waals surface area contributed by atoms with Gasteiger partial charge in [-0.3, -0.25) is 0 Å². The number of ether oxygens (including phenoxy) is 1. The van der Waals surface area contributed by atoms with Crippen molar-refractivity contribution in [2.24, 2.45) is 0 Å². The van der Waals surface area contributed by atoms with Crippen molar-refractivity contribution in [1.29, 1.82) is 0 Å². The Labute approximate surface area is 134 Å². The fourth-order valence-electron chi connectivity index (χ4n) is 2.28. The standard InChI is InChI=1S/C16H32N2O4/c1-5-6-7-8-9-10-11-22-16(21)17-14(12-15(19)20)13-18(2,3)4/h14H,5-13H2,1-4H3,(H-,17,19,20,21)/t14-/m1/s1. The number of aliphatic carboxylic acids is 1. The molecule has 0 aliphatic rings. The first-order valence-corrected chi connectivity index (χ1v) is 8.18. The Morgan fingerprint density at radius 2 is 1.68 bits per heavy atom. The van der Waals surface area contributed by atoms with Crippen molar-refractivity contribution < 1.29 is 23.9 Å². The van der Waals surface area contributed by atoms with E-state index in [4.69, 9.17) is 4.74 Å². The molecule has 1 atom stereocenters. The molecule has 6 nitrogen and oxygen atoms in total. The number of likely N-dealkylation sites (N-methyl/N-ethyl adjacent to an activating group) is 1. The van der Waals surface area contributed by atoms with E-state index in [1.807, 2.05) is 21.1 Å². The van der Waals surface area contributed by atoms with Crippen molar-refractivity contribution in [3.05, 3.63) is 0 Å². The number of hydrogen-bond donors (Lipinski definition) is 1. The van der Waals surface area contributed by atoms with Crippen LogP contribution in [0.4, 0.5) is 4.79 Å². The molecule has 0 spiro atoms. The summed E-state index contributed by atoms with van der Waals surface area (Å²) >= 11 is 0. The molecule has 0 rings (SSSR count). The Bertz CT molecular complexity index is 327. The van der Waals surface area contributed by atoms with Gasteiger partial charge in [0, 0.05) is 12.4 Å². The Kier molecular flexibility index (Phi) is 10.6. The molecule has 0 aliphatic carbocycles. The minimum absolute atomic E-state index is 0.207. The van der Waals surface area contributed by atoms with Gasteiger partial charge in [-0.25, -0.2) is 4.79 Å².